The van der Waals surface area contributed by atoms with Crippen LogP contribution in [0.15, 0.2) is 84.1 Å². The summed E-state index contributed by atoms with van der Waals surface area (Å²) in [5, 5.41) is 0. The average molecular weight is 411 g/mol. The van der Waals surface area contributed by atoms with Gasteiger partial charge < -0.3 is 9.30 Å². The molecule has 154 valence electrons. The van der Waals surface area contributed by atoms with Crippen LogP contribution in [0.2, 0.25) is 0 Å². The maximum absolute atomic E-state index is 14.8. The van der Waals surface area contributed by atoms with Gasteiger partial charge in [-0.05, 0) is 42.3 Å². The highest BCUT2D eigenvalue weighted by Crippen LogP contribution is 2.31. The lowest BCUT2D eigenvalue weighted by Crippen LogP contribution is -2.09. The van der Waals surface area contributed by atoms with Gasteiger partial charge in [-0.2, -0.15) is 0 Å². The van der Waals surface area contributed by atoms with Crippen LogP contribution in [0.5, 0.6) is 0 Å². The minimum atomic E-state index is -0.281. The van der Waals surface area contributed by atoms with Gasteiger partial charge in [0.25, 0.3) is 0 Å². The van der Waals surface area contributed by atoms with Gasteiger partial charge in [0.15, 0.2) is 0 Å². The number of benzene rings is 3. The summed E-state index contributed by atoms with van der Waals surface area (Å²) in [6.45, 7) is 3.42. The second-order valence-electron chi connectivity index (χ2n) is 7.39. The molecule has 31 heavy (non-hydrogen) atoms. The van der Waals surface area contributed by atoms with Crippen molar-refractivity contribution in [1.82, 2.24) is 9.55 Å². The van der Waals surface area contributed by atoms with Crippen molar-refractivity contribution >= 4 is 5.71 Å². The van der Waals surface area contributed by atoms with E-state index < -0.39 is 0 Å². The van der Waals surface area contributed by atoms with Crippen molar-refractivity contribution in [3.05, 3.63) is 107 Å². The number of fused-ring (bicyclic) bond motifs is 3. The third kappa shape index (κ3) is 3.57. The van der Waals surface area contributed by atoms with E-state index in [0.717, 1.165) is 33.8 Å². The summed E-state index contributed by atoms with van der Waals surface area (Å²) in [4.78, 5) is 9.44. The normalized spacial score (nSPS) is 12.6. The smallest absolute Gasteiger partial charge is 0.132 e. The van der Waals surface area contributed by atoms with Crippen molar-refractivity contribution in [2.45, 2.75) is 20.1 Å². The predicted octanol–water partition coefficient (Wildman–Crippen LogP) is 5.57. The fourth-order valence-corrected chi connectivity index (χ4v) is 3.97. The van der Waals surface area contributed by atoms with Crippen molar-refractivity contribution < 1.29 is 9.13 Å². The quantitative estimate of drug-likeness (QED) is 0.431. The topological polar surface area (TPSA) is 39.4 Å². The number of nitrogens with zero attached hydrogens (tertiary/aromatic N) is 3. The van der Waals surface area contributed by atoms with Crippen molar-refractivity contribution in [3.63, 3.8) is 0 Å². The molecule has 2 heterocycles. The third-order valence-electron chi connectivity index (χ3n) is 5.53. The van der Waals surface area contributed by atoms with Gasteiger partial charge in [-0.1, -0.05) is 48.5 Å². The lowest BCUT2D eigenvalue weighted by Gasteiger charge is -2.14. The second kappa shape index (κ2) is 8.28. The number of rotatable bonds is 5. The zero-order valence-electron chi connectivity index (χ0n) is 17.3. The SMILES string of the molecule is CCOCc1ncn2c1CN=C(c1ccccc1F)c1cc(-c3ccccc3)ccc1-2. The van der Waals surface area contributed by atoms with Crippen LogP contribution in [0.1, 0.15) is 29.4 Å². The maximum atomic E-state index is 14.8. The van der Waals surface area contributed by atoms with Crippen LogP contribution >= 0.6 is 0 Å². The molecule has 1 aromatic heterocycles. The number of hydrogen-bond donors (Lipinski definition) is 0. The van der Waals surface area contributed by atoms with E-state index in [0.29, 0.717) is 31.0 Å². The summed E-state index contributed by atoms with van der Waals surface area (Å²) in [7, 11) is 0. The molecule has 0 N–H and O–H groups in total. The van der Waals surface area contributed by atoms with Gasteiger partial charge in [0, 0.05) is 17.7 Å². The largest absolute Gasteiger partial charge is 0.375 e. The summed E-state index contributed by atoms with van der Waals surface area (Å²) in [5.74, 6) is -0.281. The van der Waals surface area contributed by atoms with E-state index in [1.165, 1.54) is 6.07 Å². The fraction of sp³-hybridized carbons (Fsp3) is 0.154. The molecule has 0 amide bonds. The first kappa shape index (κ1) is 19.4. The van der Waals surface area contributed by atoms with Crippen LogP contribution in [0.3, 0.4) is 0 Å². The van der Waals surface area contributed by atoms with Gasteiger partial charge in [0.05, 0.1) is 42.3 Å². The zero-order valence-corrected chi connectivity index (χ0v) is 17.3. The summed E-state index contributed by atoms with van der Waals surface area (Å²) in [6, 6.07) is 23.2. The molecule has 0 saturated heterocycles. The fourth-order valence-electron chi connectivity index (χ4n) is 3.97. The Morgan fingerprint density at radius 2 is 1.74 bits per heavy atom. The van der Waals surface area contributed by atoms with E-state index in [9.17, 15) is 4.39 Å². The van der Waals surface area contributed by atoms with Gasteiger partial charge in [0.2, 0.25) is 0 Å². The third-order valence-corrected chi connectivity index (χ3v) is 5.53. The lowest BCUT2D eigenvalue weighted by molar-refractivity contribution is 0.131. The van der Waals surface area contributed by atoms with Crippen LogP contribution < -0.4 is 0 Å². The first-order valence-electron chi connectivity index (χ1n) is 10.4. The molecule has 1 aliphatic rings. The first-order chi connectivity index (χ1) is 15.3. The summed E-state index contributed by atoms with van der Waals surface area (Å²) in [5.41, 5.74) is 6.95. The Morgan fingerprint density at radius 3 is 2.55 bits per heavy atom. The van der Waals surface area contributed by atoms with Crippen molar-refractivity contribution in [1.29, 1.82) is 0 Å². The highest BCUT2D eigenvalue weighted by atomic mass is 19.1. The minimum Gasteiger partial charge on any atom is -0.375 e. The molecular formula is C26H22FN3O. The highest BCUT2D eigenvalue weighted by Gasteiger charge is 2.23. The van der Waals surface area contributed by atoms with Gasteiger partial charge >= 0.3 is 0 Å². The van der Waals surface area contributed by atoms with Crippen LogP contribution in [0.4, 0.5) is 4.39 Å². The molecule has 0 radical (unpaired) electrons. The van der Waals surface area contributed by atoms with Crippen LogP contribution in [-0.4, -0.2) is 21.9 Å². The molecule has 5 rings (SSSR count). The van der Waals surface area contributed by atoms with Gasteiger partial charge in [-0.3, -0.25) is 4.99 Å². The summed E-state index contributed by atoms with van der Waals surface area (Å²) in [6.07, 6.45) is 1.81. The predicted molar refractivity (Wildman–Crippen MR) is 120 cm³/mol. The van der Waals surface area contributed by atoms with Crippen LogP contribution in [-0.2, 0) is 17.9 Å². The number of ether oxygens (including phenoxy) is 1. The number of aliphatic imine (C=N–C) groups is 1. The maximum Gasteiger partial charge on any atom is 0.132 e. The van der Waals surface area contributed by atoms with E-state index in [-0.39, 0.29) is 5.82 Å². The molecule has 0 spiro atoms. The van der Waals surface area contributed by atoms with E-state index in [4.69, 9.17) is 9.73 Å². The first-order valence-corrected chi connectivity index (χ1v) is 10.4. The molecule has 0 aliphatic carbocycles. The van der Waals surface area contributed by atoms with Gasteiger partial charge in [-0.25, -0.2) is 9.37 Å². The van der Waals surface area contributed by atoms with E-state index in [1.807, 2.05) is 37.5 Å². The number of hydrogen-bond acceptors (Lipinski definition) is 3. The molecule has 0 fully saturated rings. The Kier molecular flexibility index (Phi) is 5.18. The second-order valence-corrected chi connectivity index (χ2v) is 7.39. The molecule has 5 heteroatoms. The summed E-state index contributed by atoms with van der Waals surface area (Å²) < 4.78 is 22.5. The standard InChI is InChI=1S/C26H22FN3O/c1-2-31-16-23-25-15-28-26(20-10-6-7-11-22(20)27)21-14-19(18-8-4-3-5-9-18)12-13-24(21)30(25)17-29-23/h3-14,17H,2,15-16H2,1H3. The van der Waals surface area contributed by atoms with Crippen molar-refractivity contribution in [2.24, 2.45) is 4.99 Å². The number of aromatic nitrogens is 2. The molecule has 3 aromatic carbocycles. The molecular weight excluding hydrogens is 389 g/mol. The average Bonchev–Trinajstić information content (AvgIpc) is 3.14. The molecule has 4 aromatic rings. The Labute approximate surface area is 180 Å². The Bertz CT molecular complexity index is 1260. The highest BCUT2D eigenvalue weighted by molar-refractivity contribution is 6.15. The van der Waals surface area contributed by atoms with Crippen LogP contribution in [0.25, 0.3) is 16.8 Å². The van der Waals surface area contributed by atoms with E-state index in [2.05, 4.69) is 39.9 Å². The monoisotopic (exact) mass is 411 g/mol. The van der Waals surface area contributed by atoms with Gasteiger partial charge in [-0.15, -0.1) is 0 Å². The lowest BCUT2D eigenvalue weighted by atomic mass is 9.95. The Hall–Kier alpha value is -3.57. The summed E-state index contributed by atoms with van der Waals surface area (Å²) >= 11 is 0. The Morgan fingerprint density at radius 1 is 0.935 bits per heavy atom. The van der Waals surface area contributed by atoms with Crippen LogP contribution in [0, 0.1) is 5.82 Å². The molecule has 0 atom stereocenters. The Balaban J connectivity index is 1.72. The van der Waals surface area contributed by atoms with Gasteiger partial charge in [0.1, 0.15) is 5.82 Å². The van der Waals surface area contributed by atoms with Crippen molar-refractivity contribution in [2.75, 3.05) is 6.61 Å². The number of halogens is 1. The van der Waals surface area contributed by atoms with Crippen molar-refractivity contribution in [3.8, 4) is 16.8 Å². The minimum absolute atomic E-state index is 0.281. The molecule has 0 bridgehead atoms. The van der Waals surface area contributed by atoms with E-state index in [1.54, 1.807) is 12.1 Å². The van der Waals surface area contributed by atoms with E-state index >= 15 is 0 Å². The molecule has 4 nitrogen and oxygen atoms in total. The molecule has 0 saturated carbocycles. The molecule has 0 unspecified atom stereocenters. The zero-order chi connectivity index (χ0) is 21.2. The number of imidazole rings is 1. The molecule has 1 aliphatic heterocycles.